The number of fused-ring (bicyclic) bond motifs is 3. The van der Waals surface area contributed by atoms with Crippen LogP contribution < -0.4 is 0 Å². The summed E-state index contributed by atoms with van der Waals surface area (Å²) in [4.78, 5) is 29.1. The summed E-state index contributed by atoms with van der Waals surface area (Å²) in [6, 6.07) is 8.13. The third-order valence-corrected chi connectivity index (χ3v) is 4.92. The summed E-state index contributed by atoms with van der Waals surface area (Å²) < 4.78 is 6.68. The molecular formula is C20H19N3O3. The zero-order valence-electron chi connectivity index (χ0n) is 14.7. The highest BCUT2D eigenvalue weighted by molar-refractivity contribution is 6.00. The number of ketones is 1. The fourth-order valence-electron chi connectivity index (χ4n) is 3.66. The minimum Gasteiger partial charge on any atom is -0.462 e. The number of nitrogens with zero attached hydrogens (tertiary/aromatic N) is 3. The zero-order valence-corrected chi connectivity index (χ0v) is 14.7. The molecule has 1 aliphatic rings. The first-order valence-corrected chi connectivity index (χ1v) is 8.71. The molecule has 1 aliphatic carbocycles. The number of ether oxygens (including phenoxy) is 1. The van der Waals surface area contributed by atoms with Crippen LogP contribution in [-0.2, 0) is 11.2 Å². The van der Waals surface area contributed by atoms with E-state index in [9.17, 15) is 9.59 Å². The maximum Gasteiger partial charge on any atom is 0.343 e. The highest BCUT2D eigenvalue weighted by Gasteiger charge is 2.30. The molecule has 2 heterocycles. The minimum absolute atomic E-state index is 0.0575. The van der Waals surface area contributed by atoms with Crippen molar-refractivity contribution in [1.29, 1.82) is 0 Å². The molecule has 0 fully saturated rings. The number of esters is 1. The van der Waals surface area contributed by atoms with Crippen molar-refractivity contribution < 1.29 is 14.3 Å². The molecule has 0 saturated heterocycles. The Morgan fingerprint density at radius 3 is 2.85 bits per heavy atom. The lowest BCUT2D eigenvalue weighted by molar-refractivity contribution is 0.0528. The fourth-order valence-corrected chi connectivity index (χ4v) is 3.66. The molecule has 6 nitrogen and oxygen atoms in total. The van der Waals surface area contributed by atoms with Crippen molar-refractivity contribution in [3.63, 3.8) is 0 Å². The molecule has 0 aliphatic heterocycles. The van der Waals surface area contributed by atoms with Gasteiger partial charge in [0.05, 0.1) is 24.1 Å². The number of aromatic nitrogens is 3. The van der Waals surface area contributed by atoms with Gasteiger partial charge in [0.1, 0.15) is 5.56 Å². The van der Waals surface area contributed by atoms with Crippen molar-refractivity contribution in [2.24, 2.45) is 0 Å². The number of hydrogen-bond donors (Lipinski definition) is 0. The first kappa shape index (κ1) is 16.4. The fraction of sp³-hybridized carbons (Fsp3) is 0.300. The molecule has 0 radical (unpaired) electrons. The first-order chi connectivity index (χ1) is 12.6. The van der Waals surface area contributed by atoms with Crippen molar-refractivity contribution in [2.45, 2.75) is 32.6 Å². The molecule has 0 amide bonds. The average Bonchev–Trinajstić information content (AvgIpc) is 3.07. The van der Waals surface area contributed by atoms with Gasteiger partial charge in [-0.15, -0.1) is 0 Å². The molecule has 3 aromatic rings. The summed E-state index contributed by atoms with van der Waals surface area (Å²) >= 11 is 0. The van der Waals surface area contributed by atoms with E-state index in [4.69, 9.17) is 4.74 Å². The van der Waals surface area contributed by atoms with Gasteiger partial charge in [0.25, 0.3) is 0 Å². The van der Waals surface area contributed by atoms with Crippen LogP contribution in [0.1, 0.15) is 56.8 Å². The Balaban J connectivity index is 1.81. The highest BCUT2D eigenvalue weighted by Crippen LogP contribution is 2.34. The Kier molecular flexibility index (Phi) is 4.03. The van der Waals surface area contributed by atoms with Crippen LogP contribution in [0.5, 0.6) is 0 Å². The van der Waals surface area contributed by atoms with Gasteiger partial charge >= 0.3 is 5.97 Å². The number of Topliss-reactive ketones (excluding diaryl/α,β-unsaturated/α-hetero) is 1. The summed E-state index contributed by atoms with van der Waals surface area (Å²) in [5, 5.41) is 4.32. The average molecular weight is 349 g/mol. The second-order valence-corrected chi connectivity index (χ2v) is 6.52. The quantitative estimate of drug-likeness (QED) is 0.679. The van der Waals surface area contributed by atoms with Crippen molar-refractivity contribution in [3.8, 4) is 0 Å². The van der Waals surface area contributed by atoms with E-state index in [1.54, 1.807) is 17.6 Å². The van der Waals surface area contributed by atoms with Gasteiger partial charge < -0.3 is 4.74 Å². The standard InChI is InChI=1S/C20H19N3O3/c1-3-26-20(25)16-11-22-23-17-8-13(14-7-5-4-6-12(14)2)9-18(24)15(17)10-21-19(16)23/h4-7,10-11,13H,3,8-9H2,1-2H3. The smallest absolute Gasteiger partial charge is 0.343 e. The van der Waals surface area contributed by atoms with Crippen LogP contribution in [0.3, 0.4) is 0 Å². The lowest BCUT2D eigenvalue weighted by atomic mass is 9.80. The van der Waals surface area contributed by atoms with Crippen LogP contribution in [0.2, 0.25) is 0 Å². The third-order valence-electron chi connectivity index (χ3n) is 4.92. The van der Waals surface area contributed by atoms with E-state index in [1.165, 1.54) is 17.3 Å². The van der Waals surface area contributed by atoms with E-state index >= 15 is 0 Å². The van der Waals surface area contributed by atoms with Crippen LogP contribution >= 0.6 is 0 Å². The number of carbonyl (C=O) groups excluding carboxylic acids is 2. The van der Waals surface area contributed by atoms with E-state index in [2.05, 4.69) is 29.1 Å². The third kappa shape index (κ3) is 2.58. The molecule has 0 bridgehead atoms. The predicted molar refractivity (Wildman–Crippen MR) is 95.5 cm³/mol. The van der Waals surface area contributed by atoms with Gasteiger partial charge in [-0.2, -0.15) is 5.10 Å². The van der Waals surface area contributed by atoms with Crippen LogP contribution in [0.25, 0.3) is 5.65 Å². The Labute approximate surface area is 150 Å². The predicted octanol–water partition coefficient (Wildman–Crippen LogP) is 3.13. The molecule has 132 valence electrons. The molecule has 0 N–H and O–H groups in total. The molecular weight excluding hydrogens is 330 g/mol. The molecule has 4 rings (SSSR count). The first-order valence-electron chi connectivity index (χ1n) is 8.71. The number of aryl methyl sites for hydroxylation is 1. The molecule has 6 heteroatoms. The van der Waals surface area contributed by atoms with Gasteiger partial charge in [-0.05, 0) is 37.3 Å². The monoisotopic (exact) mass is 349 g/mol. The minimum atomic E-state index is -0.451. The normalized spacial score (nSPS) is 16.5. The van der Waals surface area contributed by atoms with Gasteiger partial charge in [0, 0.05) is 12.6 Å². The van der Waals surface area contributed by atoms with Crippen LogP contribution in [0, 0.1) is 6.92 Å². The maximum atomic E-state index is 12.7. The Hall–Kier alpha value is -3.02. The molecule has 1 aromatic carbocycles. The van der Waals surface area contributed by atoms with E-state index in [1.807, 2.05) is 12.1 Å². The molecule has 0 saturated carbocycles. The van der Waals surface area contributed by atoms with Gasteiger partial charge in [-0.3, -0.25) is 4.79 Å². The van der Waals surface area contributed by atoms with Crippen molar-refractivity contribution >= 4 is 17.4 Å². The Morgan fingerprint density at radius 1 is 1.27 bits per heavy atom. The highest BCUT2D eigenvalue weighted by atomic mass is 16.5. The Morgan fingerprint density at radius 2 is 2.08 bits per heavy atom. The lowest BCUT2D eigenvalue weighted by Gasteiger charge is -2.25. The van der Waals surface area contributed by atoms with E-state index < -0.39 is 5.97 Å². The molecule has 2 aromatic heterocycles. The van der Waals surface area contributed by atoms with Crippen molar-refractivity contribution in [2.75, 3.05) is 6.61 Å². The Bertz CT molecular complexity index is 1020. The number of benzene rings is 1. The SMILES string of the molecule is CCOC(=O)c1cnn2c3c(cnc12)C(=O)CC(c1ccccc1C)C3. The molecule has 1 unspecified atom stereocenters. The van der Waals surface area contributed by atoms with Gasteiger partial charge in [0.2, 0.25) is 0 Å². The van der Waals surface area contributed by atoms with Gasteiger partial charge in [0.15, 0.2) is 11.4 Å². The van der Waals surface area contributed by atoms with Crippen LogP contribution in [-0.4, -0.2) is 33.0 Å². The largest absolute Gasteiger partial charge is 0.462 e. The molecule has 0 spiro atoms. The number of hydrogen-bond acceptors (Lipinski definition) is 5. The lowest BCUT2D eigenvalue weighted by Crippen LogP contribution is -2.23. The summed E-state index contributed by atoms with van der Waals surface area (Å²) in [5.41, 5.74) is 4.48. The van der Waals surface area contributed by atoms with Crippen molar-refractivity contribution in [3.05, 3.63) is 64.6 Å². The van der Waals surface area contributed by atoms with Gasteiger partial charge in [-0.25, -0.2) is 14.3 Å². The van der Waals surface area contributed by atoms with Gasteiger partial charge in [-0.1, -0.05) is 24.3 Å². The second-order valence-electron chi connectivity index (χ2n) is 6.52. The van der Waals surface area contributed by atoms with Crippen LogP contribution in [0.15, 0.2) is 36.7 Å². The number of rotatable bonds is 3. The van der Waals surface area contributed by atoms with E-state index in [0.717, 1.165) is 5.69 Å². The zero-order chi connectivity index (χ0) is 18.3. The summed E-state index contributed by atoms with van der Waals surface area (Å²) in [6.45, 7) is 4.10. The molecule has 26 heavy (non-hydrogen) atoms. The van der Waals surface area contributed by atoms with Crippen molar-refractivity contribution in [1.82, 2.24) is 14.6 Å². The maximum absolute atomic E-state index is 12.7. The second kappa shape index (κ2) is 6.37. The summed E-state index contributed by atoms with van der Waals surface area (Å²) in [5.74, 6) is -0.299. The van der Waals surface area contributed by atoms with E-state index in [0.29, 0.717) is 29.6 Å². The van der Waals surface area contributed by atoms with E-state index in [-0.39, 0.29) is 18.3 Å². The molecule has 1 atom stereocenters. The summed E-state index contributed by atoms with van der Waals surface area (Å²) in [6.07, 6.45) is 4.15. The topological polar surface area (TPSA) is 73.6 Å². The summed E-state index contributed by atoms with van der Waals surface area (Å²) in [7, 11) is 0. The van der Waals surface area contributed by atoms with Crippen LogP contribution in [0.4, 0.5) is 0 Å². The number of carbonyl (C=O) groups is 2.